The van der Waals surface area contributed by atoms with Crippen LogP contribution >= 0.6 is 0 Å². The van der Waals surface area contributed by atoms with Gasteiger partial charge in [-0.05, 0) is 0 Å². The van der Waals surface area contributed by atoms with Crippen LogP contribution in [-0.2, 0) is 24.1 Å². The Bertz CT molecular complexity index is 184. The number of methoxy groups -OCH3 is 1. The van der Waals surface area contributed by atoms with Crippen LogP contribution in [0.25, 0.3) is 0 Å². The Labute approximate surface area is 79.2 Å². The van der Waals surface area contributed by atoms with E-state index in [9.17, 15) is 0 Å². The van der Waals surface area contributed by atoms with Crippen molar-refractivity contribution in [1.29, 1.82) is 0 Å². The molecule has 11 heavy (non-hydrogen) atoms. The molecule has 0 aliphatic heterocycles. The van der Waals surface area contributed by atoms with Crippen LogP contribution in [0.4, 0.5) is 0 Å². The first-order chi connectivity index (χ1) is 5.24. The van der Waals surface area contributed by atoms with Gasteiger partial charge < -0.3 is 0 Å². The maximum atomic E-state index is 5.22. The summed E-state index contributed by atoms with van der Waals surface area (Å²) in [4.78, 5) is 0. The first kappa shape index (κ1) is 9.35. The van der Waals surface area contributed by atoms with Gasteiger partial charge in [-0.3, -0.25) is 0 Å². The third kappa shape index (κ3) is 2.65. The monoisotopic (exact) mass is 236 g/mol. The van der Waals surface area contributed by atoms with Gasteiger partial charge in [-0.25, -0.2) is 0 Å². The number of hydrogen-bond donors (Lipinski definition) is 0. The number of allylic oxidation sites excluding steroid dienone is 2. The molecule has 1 aliphatic rings. The van der Waals surface area contributed by atoms with E-state index in [1.807, 2.05) is 19.4 Å². The molecule has 62 valence electrons. The van der Waals surface area contributed by atoms with Crippen LogP contribution in [0.15, 0.2) is 11.6 Å². The Kier molecular flexibility index (Phi) is 3.68. The van der Waals surface area contributed by atoms with E-state index < -0.39 is 0 Å². The van der Waals surface area contributed by atoms with Crippen molar-refractivity contribution in [3.05, 3.63) is 11.6 Å². The predicted molar refractivity (Wildman–Crippen MR) is 43.1 cm³/mol. The van der Waals surface area contributed by atoms with Gasteiger partial charge in [-0.15, -0.1) is 0 Å². The topological polar surface area (TPSA) is 9.23 Å². The molecule has 0 N–H and O–H groups in total. The van der Waals surface area contributed by atoms with Gasteiger partial charge in [0, 0.05) is 0 Å². The zero-order valence-corrected chi connectivity index (χ0v) is 9.10. The third-order valence-electron chi connectivity index (χ3n) is 2.17. The fraction of sp³-hybridized carbons (Fsp3) is 0.667. The Balaban J connectivity index is 2.47. The van der Waals surface area contributed by atoms with E-state index >= 15 is 0 Å². The zero-order chi connectivity index (χ0) is 8.27. The molecular formula is C9H14MoO. The minimum atomic E-state index is 0.675. The van der Waals surface area contributed by atoms with Crippen LogP contribution in [0.2, 0.25) is 0 Å². The molecule has 0 radical (unpaired) electrons. The summed E-state index contributed by atoms with van der Waals surface area (Å²) < 4.78 is 6.42. The van der Waals surface area contributed by atoms with Crippen molar-refractivity contribution >= 4 is 4.08 Å². The van der Waals surface area contributed by atoms with Gasteiger partial charge in [-0.1, -0.05) is 0 Å². The van der Waals surface area contributed by atoms with Gasteiger partial charge in [0.2, 0.25) is 0 Å². The zero-order valence-electron chi connectivity index (χ0n) is 7.09. The van der Waals surface area contributed by atoms with Gasteiger partial charge in [-0.2, -0.15) is 0 Å². The molecule has 2 heteroatoms. The molecule has 0 spiro atoms. The maximum absolute atomic E-state index is 5.22. The van der Waals surface area contributed by atoms with E-state index in [2.05, 4.69) is 13.0 Å². The van der Waals surface area contributed by atoms with E-state index in [0.29, 0.717) is 5.92 Å². The Morgan fingerprint density at radius 2 is 2.45 bits per heavy atom. The van der Waals surface area contributed by atoms with Crippen LogP contribution < -0.4 is 0 Å². The van der Waals surface area contributed by atoms with Crippen LogP contribution in [-0.4, -0.2) is 11.2 Å². The summed E-state index contributed by atoms with van der Waals surface area (Å²) in [6.45, 7) is 2.21. The van der Waals surface area contributed by atoms with E-state index in [1.165, 1.54) is 28.9 Å². The van der Waals surface area contributed by atoms with E-state index in [-0.39, 0.29) is 0 Å². The molecule has 0 heterocycles. The normalized spacial score (nSPS) is 24.5. The molecule has 0 amide bonds. The summed E-state index contributed by atoms with van der Waals surface area (Å²) in [5.41, 5.74) is 1.53. The second-order valence-corrected chi connectivity index (χ2v) is 4.03. The van der Waals surface area contributed by atoms with Crippen LogP contribution in [0, 0.1) is 5.92 Å². The van der Waals surface area contributed by atoms with Crippen LogP contribution in [0.5, 0.6) is 0 Å². The molecule has 0 aromatic carbocycles. The third-order valence-corrected chi connectivity index (χ3v) is 3.40. The summed E-state index contributed by atoms with van der Waals surface area (Å²) in [5.74, 6) is 0.675. The van der Waals surface area contributed by atoms with Crippen molar-refractivity contribution in [2.45, 2.75) is 26.2 Å². The summed E-state index contributed by atoms with van der Waals surface area (Å²) >= 11 is 2.01. The molecule has 0 saturated heterocycles. The molecule has 0 saturated carbocycles. The second-order valence-electron chi connectivity index (χ2n) is 3.04. The van der Waals surface area contributed by atoms with Crippen LogP contribution in [0.3, 0.4) is 0 Å². The SMILES string of the molecule is CO[C](=[Mo])C1CC=C(C)CC1. The van der Waals surface area contributed by atoms with Gasteiger partial charge in [0.15, 0.2) is 0 Å². The van der Waals surface area contributed by atoms with Gasteiger partial charge in [0.05, 0.1) is 0 Å². The molecule has 1 nitrogen and oxygen atoms in total. The van der Waals surface area contributed by atoms with Gasteiger partial charge in [0.25, 0.3) is 0 Å². The van der Waals surface area contributed by atoms with Gasteiger partial charge >= 0.3 is 79.0 Å². The average molecular weight is 234 g/mol. The summed E-state index contributed by atoms with van der Waals surface area (Å²) in [6.07, 6.45) is 6.02. The summed E-state index contributed by atoms with van der Waals surface area (Å²) in [7, 11) is 1.77. The molecule has 1 unspecified atom stereocenters. The number of ether oxygens (including phenoxy) is 1. The van der Waals surface area contributed by atoms with Crippen molar-refractivity contribution in [1.82, 2.24) is 0 Å². The molecular weight excluding hydrogens is 220 g/mol. The fourth-order valence-corrected chi connectivity index (χ4v) is 1.87. The molecule has 0 bridgehead atoms. The standard InChI is InChI=1S/C9H14O.Mo/c1-8-3-5-9(6-4-8)7-10-2;/h3,9H,4-6H2,1-2H3;. The quantitative estimate of drug-likeness (QED) is 0.525. The van der Waals surface area contributed by atoms with Crippen molar-refractivity contribution in [3.63, 3.8) is 0 Å². The van der Waals surface area contributed by atoms with E-state index in [4.69, 9.17) is 4.74 Å². The van der Waals surface area contributed by atoms with Gasteiger partial charge in [0.1, 0.15) is 0 Å². The Hall–Kier alpha value is 0.258. The average Bonchev–Trinajstić information content (AvgIpc) is 2.05. The summed E-state index contributed by atoms with van der Waals surface area (Å²) in [5, 5.41) is 0. The minimum absolute atomic E-state index is 0.675. The number of hydrogen-bond acceptors (Lipinski definition) is 1. The Morgan fingerprint density at radius 1 is 1.73 bits per heavy atom. The predicted octanol–water partition coefficient (Wildman–Crippen LogP) is 2.06. The first-order valence-electron chi connectivity index (χ1n) is 3.97. The fourth-order valence-electron chi connectivity index (χ4n) is 1.35. The molecule has 1 aliphatic carbocycles. The molecule has 0 aromatic rings. The summed E-state index contributed by atoms with van der Waals surface area (Å²) in [6, 6.07) is 0. The molecule has 1 rings (SSSR count). The van der Waals surface area contributed by atoms with E-state index in [0.717, 1.165) is 0 Å². The first-order valence-corrected chi connectivity index (χ1v) is 4.98. The van der Waals surface area contributed by atoms with Crippen molar-refractivity contribution < 1.29 is 24.1 Å². The molecule has 0 fully saturated rings. The van der Waals surface area contributed by atoms with Crippen molar-refractivity contribution in [3.8, 4) is 0 Å². The van der Waals surface area contributed by atoms with Crippen molar-refractivity contribution in [2.24, 2.45) is 5.92 Å². The Morgan fingerprint density at radius 3 is 2.91 bits per heavy atom. The molecule has 0 aromatic heterocycles. The molecule has 1 atom stereocenters. The van der Waals surface area contributed by atoms with E-state index in [1.54, 1.807) is 7.11 Å². The van der Waals surface area contributed by atoms with Crippen molar-refractivity contribution in [2.75, 3.05) is 7.11 Å². The number of rotatable bonds is 2. The second kappa shape index (κ2) is 4.33. The van der Waals surface area contributed by atoms with Crippen LogP contribution in [0.1, 0.15) is 26.2 Å².